The first-order valence-electron chi connectivity index (χ1n) is 3.53. The number of alkyl halides is 3. The third kappa shape index (κ3) is 2.12. The lowest BCUT2D eigenvalue weighted by Crippen LogP contribution is -2.51. The lowest BCUT2D eigenvalue weighted by molar-refractivity contribution is -0.0449. The molecule has 1 saturated heterocycles. The van der Waals surface area contributed by atoms with Gasteiger partial charge in [0.1, 0.15) is 5.37 Å². The Morgan fingerprint density at radius 3 is 2.38 bits per heavy atom. The third-order valence-corrected chi connectivity index (χ3v) is 3.30. The van der Waals surface area contributed by atoms with Gasteiger partial charge in [0.15, 0.2) is 0 Å². The summed E-state index contributed by atoms with van der Waals surface area (Å²) in [6.07, 6.45) is 0. The van der Waals surface area contributed by atoms with Gasteiger partial charge in [-0.2, -0.15) is 13.2 Å². The Kier molecular flexibility index (Phi) is 2.83. The number of sulfone groups is 1. The fraction of sp³-hybridized carbons (Fsp3) is 1.00. The Labute approximate surface area is 73.4 Å². The number of piperazine rings is 1. The summed E-state index contributed by atoms with van der Waals surface area (Å²) in [6, 6.07) is 0. The Morgan fingerprint density at radius 1 is 1.38 bits per heavy atom. The van der Waals surface area contributed by atoms with E-state index in [1.54, 1.807) is 0 Å². The van der Waals surface area contributed by atoms with E-state index in [0.29, 0.717) is 6.54 Å². The van der Waals surface area contributed by atoms with Gasteiger partial charge < -0.3 is 5.32 Å². The number of rotatable bonds is 1. The largest absolute Gasteiger partial charge is 0.499 e. The van der Waals surface area contributed by atoms with Crippen LogP contribution in [0.3, 0.4) is 0 Å². The monoisotopic (exact) mass is 217 g/mol. The van der Waals surface area contributed by atoms with Gasteiger partial charge in [0.2, 0.25) is 0 Å². The lowest BCUT2D eigenvalue weighted by atomic mass is 10.4. The molecule has 1 N–H and O–H groups in total. The van der Waals surface area contributed by atoms with Crippen molar-refractivity contribution in [2.75, 3.05) is 19.6 Å². The summed E-state index contributed by atoms with van der Waals surface area (Å²) in [5.41, 5.74) is -5.21. The van der Waals surface area contributed by atoms with E-state index in [0.717, 1.165) is 0 Å². The Morgan fingerprint density at radius 2 is 2.00 bits per heavy atom. The maximum atomic E-state index is 11.9. The van der Waals surface area contributed by atoms with E-state index in [4.69, 9.17) is 0 Å². The van der Waals surface area contributed by atoms with Gasteiger partial charge in [-0.25, -0.2) is 13.7 Å². The van der Waals surface area contributed by atoms with Gasteiger partial charge in [-0.1, -0.05) is 0 Å². The zero-order valence-corrected chi connectivity index (χ0v) is 7.32. The number of nitrogens with one attached hydrogen (secondary N) is 1. The van der Waals surface area contributed by atoms with Crippen molar-refractivity contribution in [3.8, 4) is 0 Å². The molecule has 4 nitrogen and oxygen atoms in total. The van der Waals surface area contributed by atoms with Crippen LogP contribution in [0.5, 0.6) is 0 Å². The first-order chi connectivity index (χ1) is 5.86. The van der Waals surface area contributed by atoms with Crippen molar-refractivity contribution in [1.29, 1.82) is 0 Å². The summed E-state index contributed by atoms with van der Waals surface area (Å²) in [7, 11) is -5.13. The van der Waals surface area contributed by atoms with Crippen LogP contribution < -0.4 is 10.6 Å². The quantitative estimate of drug-likeness (QED) is 0.641. The van der Waals surface area contributed by atoms with Gasteiger partial charge >= 0.3 is 5.51 Å². The molecule has 0 spiro atoms. The fourth-order valence-electron chi connectivity index (χ4n) is 0.940. The molecule has 1 unspecified atom stereocenters. The molecule has 1 aliphatic rings. The predicted octanol–water partition coefficient (Wildman–Crippen LogP) is -0.545. The van der Waals surface area contributed by atoms with Gasteiger partial charge in [-0.3, -0.25) is 0 Å². The molecule has 0 aromatic carbocycles. The first-order valence-corrected chi connectivity index (χ1v) is 5.08. The third-order valence-electron chi connectivity index (χ3n) is 1.62. The molecule has 0 aromatic rings. The van der Waals surface area contributed by atoms with Crippen LogP contribution in [0.25, 0.3) is 0 Å². The molecule has 0 amide bonds. The van der Waals surface area contributed by atoms with Crippen LogP contribution in [-0.4, -0.2) is 38.9 Å². The highest BCUT2D eigenvalue weighted by Crippen LogP contribution is 2.26. The molecule has 1 fully saturated rings. The van der Waals surface area contributed by atoms with Crippen molar-refractivity contribution in [2.24, 2.45) is 0 Å². The van der Waals surface area contributed by atoms with Crippen molar-refractivity contribution < 1.29 is 21.6 Å². The van der Waals surface area contributed by atoms with Crippen molar-refractivity contribution in [2.45, 2.75) is 10.9 Å². The predicted molar refractivity (Wildman–Crippen MR) is 38.6 cm³/mol. The summed E-state index contributed by atoms with van der Waals surface area (Å²) in [5.74, 6) is 0. The zero-order valence-electron chi connectivity index (χ0n) is 6.50. The normalized spacial score (nSPS) is 25.9. The summed E-state index contributed by atoms with van der Waals surface area (Å²) in [6.45, 7) is 0.256. The van der Waals surface area contributed by atoms with E-state index in [9.17, 15) is 21.6 Å². The van der Waals surface area contributed by atoms with Crippen molar-refractivity contribution >= 4 is 9.84 Å². The minimum atomic E-state index is -5.21. The minimum absolute atomic E-state index is 0.0972. The second kappa shape index (κ2) is 3.43. The molecule has 8 heteroatoms. The Hall–Kier alpha value is -0.340. The number of nitrogens with zero attached hydrogens (tertiary/aromatic N) is 1. The van der Waals surface area contributed by atoms with Crippen LogP contribution in [0, 0.1) is 0 Å². The highest BCUT2D eigenvalue weighted by atomic mass is 32.2. The van der Waals surface area contributed by atoms with Gasteiger partial charge in [0, 0.05) is 19.6 Å². The summed E-state index contributed by atoms with van der Waals surface area (Å²) < 4.78 is 57.3. The first kappa shape index (κ1) is 10.7. The number of hydrogen-bond acceptors (Lipinski definition) is 3. The maximum absolute atomic E-state index is 11.9. The number of hydrogen-bond donors (Lipinski definition) is 1. The fourth-order valence-corrected chi connectivity index (χ4v) is 1.89. The topological polar surface area (TPSA) is 60.3 Å². The van der Waals surface area contributed by atoms with Crippen LogP contribution in [0.2, 0.25) is 0 Å². The molecular weight excluding hydrogens is 209 g/mol. The summed E-state index contributed by atoms with van der Waals surface area (Å²) >= 11 is 0. The molecule has 77 valence electrons. The average Bonchev–Trinajstić information content (AvgIpc) is 2.04. The minimum Gasteiger partial charge on any atom is -0.313 e. The summed E-state index contributed by atoms with van der Waals surface area (Å²) in [4.78, 5) is 0. The zero-order chi connectivity index (χ0) is 10.1. The molecular formula is C5H8F3N2O2S. The highest BCUT2D eigenvalue weighted by molar-refractivity contribution is 7.92. The van der Waals surface area contributed by atoms with Crippen molar-refractivity contribution in [3.63, 3.8) is 0 Å². The molecule has 0 aliphatic carbocycles. The second-order valence-electron chi connectivity index (χ2n) is 2.56. The van der Waals surface area contributed by atoms with Crippen molar-refractivity contribution in [3.05, 3.63) is 0 Å². The summed E-state index contributed by atoms with van der Waals surface area (Å²) in [5, 5.41) is 4.26. The van der Waals surface area contributed by atoms with E-state index in [2.05, 4.69) is 10.6 Å². The van der Waals surface area contributed by atoms with E-state index in [-0.39, 0.29) is 13.1 Å². The SMILES string of the molecule is O=S(=O)(C1CNCC[N]1)C(F)(F)F. The van der Waals surface area contributed by atoms with Crippen LogP contribution in [0.4, 0.5) is 13.2 Å². The molecule has 1 heterocycles. The maximum Gasteiger partial charge on any atom is 0.499 e. The van der Waals surface area contributed by atoms with E-state index < -0.39 is 20.7 Å². The van der Waals surface area contributed by atoms with Crippen LogP contribution in [-0.2, 0) is 9.84 Å². The lowest BCUT2D eigenvalue weighted by Gasteiger charge is -2.23. The van der Waals surface area contributed by atoms with Gasteiger partial charge in [-0.15, -0.1) is 0 Å². The smallest absolute Gasteiger partial charge is 0.313 e. The van der Waals surface area contributed by atoms with Gasteiger partial charge in [0.25, 0.3) is 9.84 Å². The van der Waals surface area contributed by atoms with Crippen LogP contribution in [0.15, 0.2) is 0 Å². The van der Waals surface area contributed by atoms with E-state index in [1.165, 1.54) is 0 Å². The van der Waals surface area contributed by atoms with Crippen LogP contribution >= 0.6 is 0 Å². The molecule has 0 bridgehead atoms. The molecule has 1 atom stereocenters. The molecule has 1 aliphatic heterocycles. The molecule has 13 heavy (non-hydrogen) atoms. The Bertz CT molecular complexity index is 268. The Balaban J connectivity index is 2.80. The van der Waals surface area contributed by atoms with Crippen LogP contribution in [0.1, 0.15) is 0 Å². The standard InChI is InChI=1S/C5H8F3N2O2S/c6-5(7,8)13(11,12)4-3-9-1-2-10-4/h4,9H,1-3H2. The van der Waals surface area contributed by atoms with E-state index >= 15 is 0 Å². The van der Waals surface area contributed by atoms with Crippen molar-refractivity contribution in [1.82, 2.24) is 10.6 Å². The molecule has 0 saturated carbocycles. The highest BCUT2D eigenvalue weighted by Gasteiger charge is 2.51. The molecule has 1 radical (unpaired) electrons. The second-order valence-corrected chi connectivity index (χ2v) is 4.65. The van der Waals surface area contributed by atoms with Gasteiger partial charge in [0.05, 0.1) is 0 Å². The van der Waals surface area contributed by atoms with Gasteiger partial charge in [-0.05, 0) is 0 Å². The van der Waals surface area contributed by atoms with E-state index in [1.807, 2.05) is 0 Å². The molecule has 1 rings (SSSR count). The number of halogens is 3. The molecule has 0 aromatic heterocycles. The average molecular weight is 217 g/mol.